The van der Waals surface area contributed by atoms with Gasteiger partial charge in [-0.3, -0.25) is 4.90 Å². The second-order valence-electron chi connectivity index (χ2n) is 5.22. The zero-order chi connectivity index (χ0) is 13.6. The molecule has 1 aliphatic rings. The van der Waals surface area contributed by atoms with Gasteiger partial charge >= 0.3 is 6.18 Å². The minimum Gasteiger partial charge on any atom is -0.307 e. The van der Waals surface area contributed by atoms with Crippen LogP contribution in [-0.2, 0) is 0 Å². The number of nitrogens with zero attached hydrogens (tertiary/aromatic N) is 1. The van der Waals surface area contributed by atoms with Gasteiger partial charge in [-0.25, -0.2) is 0 Å². The summed E-state index contributed by atoms with van der Waals surface area (Å²) in [6.45, 7) is 4.54. The number of hydrogen-bond donors (Lipinski definition) is 1. The van der Waals surface area contributed by atoms with Crippen molar-refractivity contribution in [1.82, 2.24) is 10.2 Å². The number of rotatable bonds is 6. The summed E-state index contributed by atoms with van der Waals surface area (Å²) in [4.78, 5) is 2.35. The highest BCUT2D eigenvalue weighted by Gasteiger charge is 2.28. The third-order valence-corrected chi connectivity index (χ3v) is 3.74. The summed E-state index contributed by atoms with van der Waals surface area (Å²) in [6, 6.07) is 0.729. The van der Waals surface area contributed by atoms with Crippen molar-refractivity contribution >= 4 is 0 Å². The molecule has 0 aliphatic heterocycles. The molecular formula is C13H25F3N2. The Hall–Kier alpha value is -0.290. The molecule has 0 saturated heterocycles. The summed E-state index contributed by atoms with van der Waals surface area (Å²) in [5.74, 6) is 0. The van der Waals surface area contributed by atoms with Gasteiger partial charge in [-0.2, -0.15) is 13.2 Å². The van der Waals surface area contributed by atoms with E-state index in [0.717, 1.165) is 6.54 Å². The van der Waals surface area contributed by atoms with Gasteiger partial charge in [0.2, 0.25) is 0 Å². The van der Waals surface area contributed by atoms with Crippen molar-refractivity contribution in [2.75, 3.05) is 19.6 Å². The summed E-state index contributed by atoms with van der Waals surface area (Å²) < 4.78 is 36.2. The summed E-state index contributed by atoms with van der Waals surface area (Å²) in [7, 11) is 0. The average molecular weight is 266 g/mol. The molecule has 1 aliphatic carbocycles. The van der Waals surface area contributed by atoms with E-state index in [1.807, 2.05) is 6.92 Å². The SMILES string of the molecule is CCN(C(C)CNCC(F)(F)F)C1CCCCC1. The standard InChI is InChI=1S/C13H25F3N2/c1-3-18(12-7-5-4-6-8-12)11(2)9-17-10-13(14,15)16/h11-12,17H,3-10H2,1-2H3. The molecule has 5 heteroatoms. The maximum Gasteiger partial charge on any atom is 0.401 e. The lowest BCUT2D eigenvalue weighted by Gasteiger charge is -2.38. The van der Waals surface area contributed by atoms with E-state index in [4.69, 9.17) is 0 Å². The molecule has 0 aromatic heterocycles. The summed E-state index contributed by atoms with van der Waals surface area (Å²) in [6.07, 6.45) is 2.08. The molecule has 1 rings (SSSR count). The van der Waals surface area contributed by atoms with E-state index in [2.05, 4.69) is 17.1 Å². The molecule has 1 fully saturated rings. The molecule has 0 amide bonds. The van der Waals surface area contributed by atoms with Crippen LogP contribution in [0.25, 0.3) is 0 Å². The first-order chi connectivity index (χ1) is 8.44. The lowest BCUT2D eigenvalue weighted by Crippen LogP contribution is -2.48. The fraction of sp³-hybridized carbons (Fsp3) is 1.00. The number of hydrogen-bond acceptors (Lipinski definition) is 2. The topological polar surface area (TPSA) is 15.3 Å². The normalized spacial score (nSPS) is 20.3. The molecule has 0 aromatic rings. The Morgan fingerprint density at radius 1 is 1.22 bits per heavy atom. The van der Waals surface area contributed by atoms with Gasteiger partial charge in [0.05, 0.1) is 6.54 Å². The third kappa shape index (κ3) is 5.57. The molecule has 0 heterocycles. The molecule has 1 saturated carbocycles. The van der Waals surface area contributed by atoms with Gasteiger partial charge in [-0.1, -0.05) is 26.2 Å². The second-order valence-corrected chi connectivity index (χ2v) is 5.22. The molecule has 1 N–H and O–H groups in total. The fourth-order valence-corrected chi connectivity index (χ4v) is 2.88. The predicted molar refractivity (Wildman–Crippen MR) is 67.6 cm³/mol. The molecule has 2 nitrogen and oxygen atoms in total. The van der Waals surface area contributed by atoms with Gasteiger partial charge in [-0.15, -0.1) is 0 Å². The molecular weight excluding hydrogens is 241 g/mol. The molecule has 18 heavy (non-hydrogen) atoms. The maximum absolute atomic E-state index is 12.1. The molecule has 1 atom stereocenters. The molecule has 1 unspecified atom stereocenters. The van der Waals surface area contributed by atoms with Crippen LogP contribution in [0.1, 0.15) is 46.0 Å². The van der Waals surface area contributed by atoms with Gasteiger partial charge in [0.15, 0.2) is 0 Å². The zero-order valence-electron chi connectivity index (χ0n) is 11.4. The summed E-state index contributed by atoms with van der Waals surface area (Å²) >= 11 is 0. The zero-order valence-corrected chi connectivity index (χ0v) is 11.4. The van der Waals surface area contributed by atoms with Crippen LogP contribution in [0.15, 0.2) is 0 Å². The van der Waals surface area contributed by atoms with Crippen LogP contribution in [0.5, 0.6) is 0 Å². The van der Waals surface area contributed by atoms with E-state index < -0.39 is 12.7 Å². The van der Waals surface area contributed by atoms with E-state index in [-0.39, 0.29) is 6.04 Å². The Morgan fingerprint density at radius 3 is 2.33 bits per heavy atom. The van der Waals surface area contributed by atoms with Crippen molar-refractivity contribution < 1.29 is 13.2 Å². The van der Waals surface area contributed by atoms with Crippen molar-refractivity contribution in [3.8, 4) is 0 Å². The molecule has 108 valence electrons. The van der Waals surface area contributed by atoms with Crippen LogP contribution >= 0.6 is 0 Å². The predicted octanol–water partition coefficient (Wildman–Crippen LogP) is 3.18. The van der Waals surface area contributed by atoms with E-state index in [1.54, 1.807) is 0 Å². The first-order valence-corrected chi connectivity index (χ1v) is 6.97. The number of halogens is 3. The van der Waals surface area contributed by atoms with Gasteiger partial charge < -0.3 is 5.32 Å². The second kappa shape index (κ2) is 7.34. The third-order valence-electron chi connectivity index (χ3n) is 3.74. The monoisotopic (exact) mass is 266 g/mol. The summed E-state index contributed by atoms with van der Waals surface area (Å²) in [5, 5.41) is 2.51. The Morgan fingerprint density at radius 2 is 1.83 bits per heavy atom. The lowest BCUT2D eigenvalue weighted by molar-refractivity contribution is -0.125. The van der Waals surface area contributed by atoms with Crippen molar-refractivity contribution in [3.05, 3.63) is 0 Å². The Kier molecular flexibility index (Phi) is 6.43. The Bertz CT molecular complexity index is 225. The molecule has 0 bridgehead atoms. The van der Waals surface area contributed by atoms with E-state index >= 15 is 0 Å². The highest BCUT2D eigenvalue weighted by Crippen LogP contribution is 2.23. The minimum atomic E-state index is -4.11. The smallest absolute Gasteiger partial charge is 0.307 e. The average Bonchev–Trinajstić information content (AvgIpc) is 2.29. The van der Waals surface area contributed by atoms with E-state index in [1.165, 1.54) is 32.1 Å². The van der Waals surface area contributed by atoms with Crippen LogP contribution in [0.4, 0.5) is 13.2 Å². The van der Waals surface area contributed by atoms with E-state index in [0.29, 0.717) is 12.6 Å². The highest BCUT2D eigenvalue weighted by atomic mass is 19.4. The fourth-order valence-electron chi connectivity index (χ4n) is 2.88. The van der Waals surface area contributed by atoms with Gasteiger partial charge in [-0.05, 0) is 26.3 Å². The van der Waals surface area contributed by atoms with Crippen molar-refractivity contribution in [2.24, 2.45) is 0 Å². The Balaban J connectivity index is 2.34. The molecule has 0 aromatic carbocycles. The van der Waals surface area contributed by atoms with Crippen LogP contribution in [0, 0.1) is 0 Å². The van der Waals surface area contributed by atoms with Gasteiger partial charge in [0.1, 0.15) is 0 Å². The number of likely N-dealkylation sites (N-methyl/N-ethyl adjacent to an activating group) is 1. The number of nitrogens with one attached hydrogen (secondary N) is 1. The van der Waals surface area contributed by atoms with Crippen molar-refractivity contribution in [1.29, 1.82) is 0 Å². The van der Waals surface area contributed by atoms with Crippen molar-refractivity contribution in [2.45, 2.75) is 64.2 Å². The molecule has 0 radical (unpaired) electrons. The van der Waals surface area contributed by atoms with Crippen LogP contribution < -0.4 is 5.32 Å². The van der Waals surface area contributed by atoms with Crippen LogP contribution in [-0.4, -0.2) is 42.8 Å². The molecule has 0 spiro atoms. The van der Waals surface area contributed by atoms with Gasteiger partial charge in [0.25, 0.3) is 0 Å². The van der Waals surface area contributed by atoms with Crippen LogP contribution in [0.3, 0.4) is 0 Å². The maximum atomic E-state index is 12.1. The highest BCUT2D eigenvalue weighted by molar-refractivity contribution is 4.80. The van der Waals surface area contributed by atoms with Crippen molar-refractivity contribution in [3.63, 3.8) is 0 Å². The first-order valence-electron chi connectivity index (χ1n) is 6.97. The Labute approximate surface area is 108 Å². The number of alkyl halides is 3. The first kappa shape index (κ1) is 15.8. The van der Waals surface area contributed by atoms with E-state index in [9.17, 15) is 13.2 Å². The lowest BCUT2D eigenvalue weighted by atomic mass is 9.93. The quantitative estimate of drug-likeness (QED) is 0.794. The summed E-state index contributed by atoms with van der Waals surface area (Å²) in [5.41, 5.74) is 0. The minimum absolute atomic E-state index is 0.167. The van der Waals surface area contributed by atoms with Gasteiger partial charge in [0, 0.05) is 18.6 Å². The largest absolute Gasteiger partial charge is 0.401 e. The van der Waals surface area contributed by atoms with Crippen LogP contribution in [0.2, 0.25) is 0 Å².